The maximum atomic E-state index is 2.29. The second-order valence-corrected chi connectivity index (χ2v) is 7.86. The van der Waals surface area contributed by atoms with Crippen LogP contribution in [0, 0.1) is 10.8 Å². The van der Waals surface area contributed by atoms with Crippen molar-refractivity contribution in [1.82, 2.24) is 0 Å². The minimum Gasteiger partial charge on any atom is -0.0776 e. The molecular formula is C19H36. The second-order valence-electron chi connectivity index (χ2n) is 7.86. The Bertz CT molecular complexity index is 294. The Kier molecular flexibility index (Phi) is 9.08. The molecular weight excluding hydrogens is 228 g/mol. The molecule has 0 unspecified atom stereocenters. The SMILES string of the molecule is C.CC(C)(C)CC(C)(C)C.CC(C)c1ccccc1. The number of rotatable bonds is 1. The van der Waals surface area contributed by atoms with Gasteiger partial charge in [-0.1, -0.05) is 93.1 Å². The molecule has 0 spiro atoms. The summed E-state index contributed by atoms with van der Waals surface area (Å²) in [4.78, 5) is 0. The van der Waals surface area contributed by atoms with Crippen LogP contribution in [0.25, 0.3) is 0 Å². The average molecular weight is 264 g/mol. The van der Waals surface area contributed by atoms with E-state index in [1.54, 1.807) is 0 Å². The molecule has 0 aromatic heterocycles. The third kappa shape index (κ3) is 13.5. The maximum absolute atomic E-state index is 2.29. The quantitative estimate of drug-likeness (QED) is 0.516. The van der Waals surface area contributed by atoms with Crippen molar-refractivity contribution >= 4 is 0 Å². The van der Waals surface area contributed by atoms with E-state index in [1.807, 2.05) is 6.07 Å². The lowest BCUT2D eigenvalue weighted by Gasteiger charge is -2.28. The zero-order valence-corrected chi connectivity index (χ0v) is 13.7. The summed E-state index contributed by atoms with van der Waals surface area (Å²) < 4.78 is 0. The Morgan fingerprint density at radius 2 is 1.16 bits per heavy atom. The van der Waals surface area contributed by atoms with Gasteiger partial charge in [-0.15, -0.1) is 0 Å². The van der Waals surface area contributed by atoms with Crippen LogP contribution >= 0.6 is 0 Å². The number of hydrogen-bond acceptors (Lipinski definition) is 0. The van der Waals surface area contributed by atoms with Crippen LogP contribution in [0.5, 0.6) is 0 Å². The molecule has 0 saturated heterocycles. The van der Waals surface area contributed by atoms with E-state index in [9.17, 15) is 0 Å². The largest absolute Gasteiger partial charge is 0.0776 e. The molecule has 1 aromatic rings. The molecule has 112 valence electrons. The molecule has 0 radical (unpaired) electrons. The predicted molar refractivity (Wildman–Crippen MR) is 90.8 cm³/mol. The highest BCUT2D eigenvalue weighted by atomic mass is 14.3. The molecule has 0 fully saturated rings. The van der Waals surface area contributed by atoms with Crippen LogP contribution in [0.15, 0.2) is 30.3 Å². The smallest absolute Gasteiger partial charge is 0.0219 e. The lowest BCUT2D eigenvalue weighted by Crippen LogP contribution is -2.16. The molecule has 0 aliphatic rings. The van der Waals surface area contributed by atoms with Gasteiger partial charge in [-0.2, -0.15) is 0 Å². The van der Waals surface area contributed by atoms with Gasteiger partial charge >= 0.3 is 0 Å². The molecule has 0 aliphatic heterocycles. The van der Waals surface area contributed by atoms with E-state index in [4.69, 9.17) is 0 Å². The summed E-state index contributed by atoms with van der Waals surface area (Å²) in [6.07, 6.45) is 1.29. The maximum Gasteiger partial charge on any atom is -0.0219 e. The zero-order chi connectivity index (χ0) is 14.4. The second kappa shape index (κ2) is 8.40. The fraction of sp³-hybridized carbons (Fsp3) is 0.684. The van der Waals surface area contributed by atoms with Crippen LogP contribution in [-0.2, 0) is 0 Å². The van der Waals surface area contributed by atoms with E-state index < -0.39 is 0 Å². The third-order valence-corrected chi connectivity index (χ3v) is 2.53. The first kappa shape index (κ1) is 20.5. The Balaban J connectivity index is 0. The molecule has 0 heteroatoms. The standard InChI is InChI=1S/C9H12.C9H20.CH4/c1-8(2)9-6-4-3-5-7-9;1-8(2,3)7-9(4,5)6;/h3-8H,1-2H3;7H2,1-6H3;1H4. The van der Waals surface area contributed by atoms with Crippen LogP contribution in [0.1, 0.15) is 80.7 Å². The van der Waals surface area contributed by atoms with Gasteiger partial charge in [-0.05, 0) is 28.7 Å². The molecule has 0 bridgehead atoms. The molecule has 0 N–H and O–H groups in total. The van der Waals surface area contributed by atoms with Crippen molar-refractivity contribution in [2.45, 2.75) is 75.2 Å². The fourth-order valence-electron chi connectivity index (χ4n) is 2.43. The summed E-state index contributed by atoms with van der Waals surface area (Å²) in [5.41, 5.74) is 2.38. The Morgan fingerprint density at radius 3 is 1.32 bits per heavy atom. The van der Waals surface area contributed by atoms with Crippen molar-refractivity contribution < 1.29 is 0 Å². The first-order valence-corrected chi connectivity index (χ1v) is 7.06. The van der Waals surface area contributed by atoms with Gasteiger partial charge in [-0.3, -0.25) is 0 Å². The van der Waals surface area contributed by atoms with Crippen molar-refractivity contribution in [2.24, 2.45) is 10.8 Å². The van der Waals surface area contributed by atoms with Crippen LogP contribution in [-0.4, -0.2) is 0 Å². The van der Waals surface area contributed by atoms with Gasteiger partial charge in [0.1, 0.15) is 0 Å². The van der Waals surface area contributed by atoms with Crippen molar-refractivity contribution in [3.05, 3.63) is 35.9 Å². The van der Waals surface area contributed by atoms with E-state index in [0.717, 1.165) is 0 Å². The van der Waals surface area contributed by atoms with E-state index in [2.05, 4.69) is 79.7 Å². The highest BCUT2D eigenvalue weighted by Crippen LogP contribution is 2.31. The fourth-order valence-corrected chi connectivity index (χ4v) is 2.43. The van der Waals surface area contributed by atoms with Gasteiger partial charge < -0.3 is 0 Å². The van der Waals surface area contributed by atoms with Crippen molar-refractivity contribution in [3.8, 4) is 0 Å². The topological polar surface area (TPSA) is 0 Å². The molecule has 1 aromatic carbocycles. The predicted octanol–water partition coefficient (Wildman–Crippen LogP) is 6.91. The van der Waals surface area contributed by atoms with Crippen LogP contribution in [0.3, 0.4) is 0 Å². The average Bonchev–Trinajstić information content (AvgIpc) is 2.14. The Labute approximate surface area is 122 Å². The highest BCUT2D eigenvalue weighted by Gasteiger charge is 2.20. The summed E-state index contributed by atoms with van der Waals surface area (Å²) in [5.74, 6) is 0.659. The minimum absolute atomic E-state index is 0. The van der Waals surface area contributed by atoms with Crippen LogP contribution in [0.4, 0.5) is 0 Å². The first-order chi connectivity index (χ1) is 8.01. The monoisotopic (exact) mass is 264 g/mol. The summed E-state index contributed by atoms with van der Waals surface area (Å²) in [7, 11) is 0. The number of hydrogen-bond donors (Lipinski definition) is 0. The summed E-state index contributed by atoms with van der Waals surface area (Å²) >= 11 is 0. The van der Waals surface area contributed by atoms with E-state index in [1.165, 1.54) is 12.0 Å². The summed E-state index contributed by atoms with van der Waals surface area (Å²) in [5, 5.41) is 0. The van der Waals surface area contributed by atoms with Crippen LogP contribution in [0.2, 0.25) is 0 Å². The molecule has 0 atom stereocenters. The minimum atomic E-state index is 0. The molecule has 1 rings (SSSR count). The van der Waals surface area contributed by atoms with E-state index >= 15 is 0 Å². The summed E-state index contributed by atoms with van der Waals surface area (Å²) in [6, 6.07) is 10.5. The summed E-state index contributed by atoms with van der Waals surface area (Å²) in [6.45, 7) is 18.1. The number of benzene rings is 1. The molecule has 0 aliphatic carbocycles. The lowest BCUT2D eigenvalue weighted by atomic mass is 9.78. The molecule has 19 heavy (non-hydrogen) atoms. The highest BCUT2D eigenvalue weighted by molar-refractivity contribution is 5.17. The molecule has 0 nitrogen and oxygen atoms in total. The Hall–Kier alpha value is -0.780. The van der Waals surface area contributed by atoms with Crippen molar-refractivity contribution in [3.63, 3.8) is 0 Å². The molecule has 0 saturated carbocycles. The Morgan fingerprint density at radius 1 is 0.789 bits per heavy atom. The zero-order valence-electron chi connectivity index (χ0n) is 13.7. The lowest BCUT2D eigenvalue weighted by molar-refractivity contribution is 0.233. The van der Waals surface area contributed by atoms with Gasteiger partial charge in [0.2, 0.25) is 0 Å². The van der Waals surface area contributed by atoms with Gasteiger partial charge in [0, 0.05) is 0 Å². The first-order valence-electron chi connectivity index (χ1n) is 7.06. The van der Waals surface area contributed by atoms with E-state index in [0.29, 0.717) is 16.7 Å². The van der Waals surface area contributed by atoms with Gasteiger partial charge in [0.25, 0.3) is 0 Å². The normalized spacial score (nSPS) is 11.4. The van der Waals surface area contributed by atoms with Crippen LogP contribution < -0.4 is 0 Å². The van der Waals surface area contributed by atoms with Gasteiger partial charge in [0.15, 0.2) is 0 Å². The van der Waals surface area contributed by atoms with Gasteiger partial charge in [0.05, 0.1) is 0 Å². The third-order valence-electron chi connectivity index (χ3n) is 2.53. The van der Waals surface area contributed by atoms with E-state index in [-0.39, 0.29) is 7.43 Å². The molecule has 0 heterocycles. The van der Waals surface area contributed by atoms with Crippen molar-refractivity contribution in [2.75, 3.05) is 0 Å². The van der Waals surface area contributed by atoms with Gasteiger partial charge in [-0.25, -0.2) is 0 Å². The van der Waals surface area contributed by atoms with Crippen molar-refractivity contribution in [1.29, 1.82) is 0 Å². The molecule has 0 amide bonds.